The Morgan fingerprint density at radius 1 is 0.867 bits per heavy atom. The van der Waals surface area contributed by atoms with E-state index in [0.29, 0.717) is 0 Å². The highest BCUT2D eigenvalue weighted by molar-refractivity contribution is 5.79. The van der Waals surface area contributed by atoms with Crippen LogP contribution in [0.4, 0.5) is 0 Å². The zero-order chi connectivity index (χ0) is 10.5. The summed E-state index contributed by atoms with van der Waals surface area (Å²) in [6.07, 6.45) is 7.66. The predicted molar refractivity (Wildman–Crippen MR) is 63.4 cm³/mol. The molecule has 2 saturated heterocycles. The largest absolute Gasteiger partial charge is 0.359 e. The van der Waals surface area contributed by atoms with Gasteiger partial charge in [0.2, 0.25) is 0 Å². The van der Waals surface area contributed by atoms with Crippen LogP contribution in [0.3, 0.4) is 0 Å². The van der Waals surface area contributed by atoms with E-state index in [4.69, 9.17) is 5.41 Å². The van der Waals surface area contributed by atoms with Gasteiger partial charge >= 0.3 is 0 Å². The minimum absolute atomic E-state index is 0.873. The van der Waals surface area contributed by atoms with Gasteiger partial charge in [-0.3, -0.25) is 5.41 Å². The van der Waals surface area contributed by atoms with E-state index >= 15 is 0 Å². The topological polar surface area (TPSA) is 30.3 Å². The molecule has 0 spiro atoms. The van der Waals surface area contributed by atoms with Crippen LogP contribution in [0.1, 0.15) is 38.5 Å². The molecule has 0 unspecified atom stereocenters. The van der Waals surface area contributed by atoms with Gasteiger partial charge < -0.3 is 9.80 Å². The van der Waals surface area contributed by atoms with Crippen molar-refractivity contribution in [2.24, 2.45) is 0 Å². The van der Waals surface area contributed by atoms with E-state index < -0.39 is 0 Å². The van der Waals surface area contributed by atoms with E-state index in [-0.39, 0.29) is 0 Å². The number of hydrogen-bond donors (Lipinski definition) is 1. The van der Waals surface area contributed by atoms with Gasteiger partial charge in [-0.2, -0.15) is 0 Å². The van der Waals surface area contributed by atoms with Gasteiger partial charge in [-0.25, -0.2) is 0 Å². The van der Waals surface area contributed by atoms with Crippen molar-refractivity contribution in [1.82, 2.24) is 9.80 Å². The van der Waals surface area contributed by atoms with Crippen LogP contribution in [-0.2, 0) is 0 Å². The molecule has 0 aromatic rings. The number of hydrogen-bond acceptors (Lipinski definition) is 2. The molecule has 0 atom stereocenters. The molecule has 3 heteroatoms. The van der Waals surface area contributed by atoms with Crippen molar-refractivity contribution >= 4 is 5.84 Å². The molecule has 3 nitrogen and oxygen atoms in total. The fraction of sp³-hybridized carbons (Fsp3) is 0.917. The van der Waals surface area contributed by atoms with Crippen LogP contribution < -0.4 is 0 Å². The number of likely N-dealkylation sites (tertiary alicyclic amines) is 2. The monoisotopic (exact) mass is 209 g/mol. The Kier molecular flexibility index (Phi) is 4.01. The van der Waals surface area contributed by atoms with Crippen molar-refractivity contribution in [2.75, 3.05) is 32.7 Å². The molecule has 15 heavy (non-hydrogen) atoms. The fourth-order valence-electron chi connectivity index (χ4n) is 2.58. The van der Waals surface area contributed by atoms with Gasteiger partial charge in [0, 0.05) is 26.1 Å². The minimum atomic E-state index is 0.873. The van der Waals surface area contributed by atoms with Crippen molar-refractivity contribution < 1.29 is 0 Å². The Hall–Kier alpha value is -0.570. The van der Waals surface area contributed by atoms with Crippen molar-refractivity contribution in [2.45, 2.75) is 38.5 Å². The lowest BCUT2D eigenvalue weighted by atomic mass is 10.1. The molecule has 0 amide bonds. The maximum Gasteiger partial charge on any atom is 0.0958 e. The maximum absolute atomic E-state index is 7.87. The zero-order valence-electron chi connectivity index (χ0n) is 9.67. The number of rotatable bonds is 3. The molecule has 0 bridgehead atoms. The molecule has 0 saturated carbocycles. The van der Waals surface area contributed by atoms with Crippen LogP contribution in [0.5, 0.6) is 0 Å². The summed E-state index contributed by atoms with van der Waals surface area (Å²) in [5.74, 6) is 0.873. The van der Waals surface area contributed by atoms with Crippen molar-refractivity contribution in [1.29, 1.82) is 5.41 Å². The molecule has 2 heterocycles. The average molecular weight is 209 g/mol. The molecule has 2 aliphatic rings. The van der Waals surface area contributed by atoms with Gasteiger partial charge in [-0.15, -0.1) is 0 Å². The number of nitrogens with one attached hydrogen (secondary N) is 1. The Labute approximate surface area is 92.9 Å². The highest BCUT2D eigenvalue weighted by Crippen LogP contribution is 2.12. The summed E-state index contributed by atoms with van der Waals surface area (Å²) in [5, 5.41) is 7.87. The van der Waals surface area contributed by atoms with Crippen LogP contribution in [0, 0.1) is 5.41 Å². The van der Waals surface area contributed by atoms with E-state index in [1.54, 1.807) is 0 Å². The fourth-order valence-corrected chi connectivity index (χ4v) is 2.58. The van der Waals surface area contributed by atoms with E-state index in [2.05, 4.69) is 9.80 Å². The van der Waals surface area contributed by atoms with Crippen molar-refractivity contribution in [3.63, 3.8) is 0 Å². The van der Waals surface area contributed by atoms with Gasteiger partial charge in [0.05, 0.1) is 5.84 Å². The Morgan fingerprint density at radius 2 is 1.60 bits per heavy atom. The third-order valence-corrected chi connectivity index (χ3v) is 3.61. The summed E-state index contributed by atoms with van der Waals surface area (Å²) in [6.45, 7) is 5.93. The standard InChI is InChI=1S/C12H23N3/c13-12-6-2-5-9-15(12)11-10-14-7-3-1-4-8-14/h13H,1-11H2. The SMILES string of the molecule is N=C1CCCCN1CCN1CCCCC1. The second kappa shape index (κ2) is 5.50. The molecule has 0 radical (unpaired) electrons. The first-order valence-corrected chi connectivity index (χ1v) is 6.41. The van der Waals surface area contributed by atoms with Crippen LogP contribution in [-0.4, -0.2) is 48.4 Å². The molecule has 0 aromatic heterocycles. The van der Waals surface area contributed by atoms with Crippen LogP contribution in [0.2, 0.25) is 0 Å². The van der Waals surface area contributed by atoms with E-state index in [1.807, 2.05) is 0 Å². The molecule has 2 fully saturated rings. The maximum atomic E-state index is 7.87. The molecule has 1 N–H and O–H groups in total. The molecule has 86 valence electrons. The molecule has 2 rings (SSSR count). The molecule has 2 aliphatic heterocycles. The lowest BCUT2D eigenvalue weighted by Crippen LogP contribution is -2.42. The minimum Gasteiger partial charge on any atom is -0.359 e. The molecular weight excluding hydrogens is 186 g/mol. The summed E-state index contributed by atoms with van der Waals surface area (Å²) in [5.41, 5.74) is 0. The van der Waals surface area contributed by atoms with Crippen LogP contribution >= 0.6 is 0 Å². The zero-order valence-corrected chi connectivity index (χ0v) is 9.67. The molecule has 0 aromatic carbocycles. The Balaban J connectivity index is 1.69. The first-order valence-electron chi connectivity index (χ1n) is 6.41. The smallest absolute Gasteiger partial charge is 0.0958 e. The summed E-state index contributed by atoms with van der Waals surface area (Å²) in [7, 11) is 0. The van der Waals surface area contributed by atoms with Crippen molar-refractivity contribution in [3.05, 3.63) is 0 Å². The normalized spacial score (nSPS) is 24.5. The van der Waals surface area contributed by atoms with Gasteiger partial charge in [0.25, 0.3) is 0 Å². The summed E-state index contributed by atoms with van der Waals surface area (Å²) in [4.78, 5) is 4.84. The highest BCUT2D eigenvalue weighted by atomic mass is 15.2. The lowest BCUT2D eigenvalue weighted by Gasteiger charge is -2.33. The van der Waals surface area contributed by atoms with Gasteiger partial charge in [0.15, 0.2) is 0 Å². The number of nitrogens with zero attached hydrogens (tertiary/aromatic N) is 2. The summed E-state index contributed by atoms with van der Waals surface area (Å²) >= 11 is 0. The first-order chi connectivity index (χ1) is 7.36. The quantitative estimate of drug-likeness (QED) is 0.770. The van der Waals surface area contributed by atoms with E-state index in [1.165, 1.54) is 51.7 Å². The van der Waals surface area contributed by atoms with Crippen LogP contribution in [0.25, 0.3) is 0 Å². The number of piperidine rings is 2. The second-order valence-corrected chi connectivity index (χ2v) is 4.79. The van der Waals surface area contributed by atoms with Gasteiger partial charge in [-0.05, 0) is 38.8 Å². The van der Waals surface area contributed by atoms with Crippen LogP contribution in [0.15, 0.2) is 0 Å². The summed E-state index contributed by atoms with van der Waals surface area (Å²) < 4.78 is 0. The first kappa shape index (κ1) is 10.9. The summed E-state index contributed by atoms with van der Waals surface area (Å²) in [6, 6.07) is 0. The third kappa shape index (κ3) is 3.20. The molecule has 0 aliphatic carbocycles. The third-order valence-electron chi connectivity index (χ3n) is 3.61. The lowest BCUT2D eigenvalue weighted by molar-refractivity contribution is 0.206. The second-order valence-electron chi connectivity index (χ2n) is 4.79. The number of amidine groups is 1. The van der Waals surface area contributed by atoms with Crippen molar-refractivity contribution in [3.8, 4) is 0 Å². The molecular formula is C12H23N3. The van der Waals surface area contributed by atoms with E-state index in [0.717, 1.165) is 25.3 Å². The van der Waals surface area contributed by atoms with E-state index in [9.17, 15) is 0 Å². The highest BCUT2D eigenvalue weighted by Gasteiger charge is 2.16. The van der Waals surface area contributed by atoms with Gasteiger partial charge in [-0.1, -0.05) is 6.42 Å². The Morgan fingerprint density at radius 3 is 2.33 bits per heavy atom. The average Bonchev–Trinajstić information content (AvgIpc) is 2.29. The predicted octanol–water partition coefficient (Wildman–Crippen LogP) is 1.94. The van der Waals surface area contributed by atoms with Gasteiger partial charge in [0.1, 0.15) is 0 Å². The Bertz CT molecular complexity index is 209.